The van der Waals surface area contributed by atoms with Crippen LogP contribution in [0.15, 0.2) is 9.31 Å². The first-order valence-electron chi connectivity index (χ1n) is 6.34. The molecule has 1 aromatic heterocycles. The van der Waals surface area contributed by atoms with Crippen LogP contribution < -0.4 is 10.5 Å². The molecule has 108 valence electrons. The lowest BCUT2D eigenvalue weighted by molar-refractivity contribution is 0.0774. The standard InChI is InChI=1S/C12H20N2O4S/c1-8-11(6-13)12(9(2)18-8)19(15,16)14-10-4-3-5-17-7-10/h10,14H,3-7,13H2,1-2H3. The molecule has 6 nitrogen and oxygen atoms in total. The first-order chi connectivity index (χ1) is 8.95. The van der Waals surface area contributed by atoms with Crippen LogP contribution in [0.5, 0.6) is 0 Å². The summed E-state index contributed by atoms with van der Waals surface area (Å²) in [7, 11) is -3.62. The highest BCUT2D eigenvalue weighted by Gasteiger charge is 2.29. The molecule has 3 N–H and O–H groups in total. The third-order valence-corrected chi connectivity index (χ3v) is 4.99. The van der Waals surface area contributed by atoms with Gasteiger partial charge in [0.2, 0.25) is 10.0 Å². The molecule has 0 aromatic carbocycles. The SMILES string of the molecule is Cc1oc(C)c(S(=O)(=O)NC2CCCOC2)c1CN. The summed E-state index contributed by atoms with van der Waals surface area (Å²) >= 11 is 0. The van der Waals surface area contributed by atoms with E-state index in [1.165, 1.54) is 0 Å². The molecule has 1 unspecified atom stereocenters. The van der Waals surface area contributed by atoms with E-state index in [4.69, 9.17) is 14.9 Å². The van der Waals surface area contributed by atoms with Gasteiger partial charge in [-0.1, -0.05) is 0 Å². The predicted molar refractivity (Wildman–Crippen MR) is 70.2 cm³/mol. The van der Waals surface area contributed by atoms with Crippen molar-refractivity contribution in [1.29, 1.82) is 0 Å². The van der Waals surface area contributed by atoms with E-state index in [1.54, 1.807) is 13.8 Å². The van der Waals surface area contributed by atoms with E-state index in [0.717, 1.165) is 12.8 Å². The van der Waals surface area contributed by atoms with Crippen molar-refractivity contribution in [3.05, 3.63) is 17.1 Å². The second kappa shape index (κ2) is 5.62. The van der Waals surface area contributed by atoms with E-state index in [1.807, 2.05) is 0 Å². The minimum absolute atomic E-state index is 0.139. The maximum atomic E-state index is 12.4. The second-order valence-corrected chi connectivity index (χ2v) is 6.41. The van der Waals surface area contributed by atoms with Gasteiger partial charge in [0.05, 0.1) is 6.61 Å². The molecule has 0 aliphatic carbocycles. The van der Waals surface area contributed by atoms with E-state index < -0.39 is 10.0 Å². The topological polar surface area (TPSA) is 94.6 Å². The first-order valence-corrected chi connectivity index (χ1v) is 7.83. The number of nitrogens with one attached hydrogen (secondary N) is 1. The summed E-state index contributed by atoms with van der Waals surface area (Å²) in [6.45, 7) is 4.60. The van der Waals surface area contributed by atoms with Gasteiger partial charge in [0.15, 0.2) is 0 Å². The highest BCUT2D eigenvalue weighted by molar-refractivity contribution is 7.89. The molecular formula is C12H20N2O4S. The summed E-state index contributed by atoms with van der Waals surface area (Å²) in [6, 6.07) is -0.181. The molecule has 0 radical (unpaired) electrons. The Labute approximate surface area is 113 Å². The van der Waals surface area contributed by atoms with Gasteiger partial charge in [0, 0.05) is 24.8 Å². The van der Waals surface area contributed by atoms with Crippen molar-refractivity contribution >= 4 is 10.0 Å². The third-order valence-electron chi connectivity index (χ3n) is 3.28. The fourth-order valence-corrected chi connectivity index (χ4v) is 4.12. The van der Waals surface area contributed by atoms with Crippen LogP contribution in [0.4, 0.5) is 0 Å². The molecule has 0 bridgehead atoms. The minimum Gasteiger partial charge on any atom is -0.465 e. The number of rotatable bonds is 4. The monoisotopic (exact) mass is 288 g/mol. The van der Waals surface area contributed by atoms with Crippen molar-refractivity contribution in [2.75, 3.05) is 13.2 Å². The van der Waals surface area contributed by atoms with Crippen LogP contribution in [0.2, 0.25) is 0 Å². The zero-order valence-corrected chi connectivity index (χ0v) is 12.0. The Kier molecular flexibility index (Phi) is 4.29. The van der Waals surface area contributed by atoms with Crippen LogP contribution in [-0.2, 0) is 21.3 Å². The number of hydrogen-bond donors (Lipinski definition) is 2. The fourth-order valence-electron chi connectivity index (χ4n) is 2.41. The lowest BCUT2D eigenvalue weighted by Gasteiger charge is -2.23. The molecule has 2 heterocycles. The normalized spacial score (nSPS) is 20.7. The van der Waals surface area contributed by atoms with Gasteiger partial charge in [-0.15, -0.1) is 0 Å². The van der Waals surface area contributed by atoms with E-state index >= 15 is 0 Å². The molecular weight excluding hydrogens is 268 g/mol. The van der Waals surface area contributed by atoms with Gasteiger partial charge in [-0.3, -0.25) is 0 Å². The highest BCUT2D eigenvalue weighted by atomic mass is 32.2. The largest absolute Gasteiger partial charge is 0.465 e. The Balaban J connectivity index is 2.28. The van der Waals surface area contributed by atoms with Crippen LogP contribution in [0.3, 0.4) is 0 Å². The van der Waals surface area contributed by atoms with Crippen molar-refractivity contribution in [1.82, 2.24) is 4.72 Å². The van der Waals surface area contributed by atoms with Gasteiger partial charge in [-0.05, 0) is 26.7 Å². The summed E-state index contributed by atoms with van der Waals surface area (Å²) in [5, 5.41) is 0. The van der Waals surface area contributed by atoms with Gasteiger partial charge in [0.1, 0.15) is 16.4 Å². The van der Waals surface area contributed by atoms with E-state index in [-0.39, 0.29) is 17.5 Å². The molecule has 0 saturated carbocycles. The number of aryl methyl sites for hydroxylation is 2. The molecule has 0 spiro atoms. The predicted octanol–water partition coefficient (Wildman–Crippen LogP) is 0.812. The molecule has 1 fully saturated rings. The fraction of sp³-hybridized carbons (Fsp3) is 0.667. The maximum absolute atomic E-state index is 12.4. The van der Waals surface area contributed by atoms with E-state index in [9.17, 15) is 8.42 Å². The third kappa shape index (κ3) is 3.00. The molecule has 1 aliphatic heterocycles. The molecule has 2 rings (SSSR count). The average molecular weight is 288 g/mol. The summed E-state index contributed by atoms with van der Waals surface area (Å²) in [6.07, 6.45) is 1.65. The van der Waals surface area contributed by atoms with E-state index in [0.29, 0.717) is 30.3 Å². The molecule has 1 saturated heterocycles. The van der Waals surface area contributed by atoms with Crippen LogP contribution in [0.1, 0.15) is 29.9 Å². The van der Waals surface area contributed by atoms with Crippen LogP contribution in [0, 0.1) is 13.8 Å². The van der Waals surface area contributed by atoms with Crippen molar-refractivity contribution in [2.24, 2.45) is 5.73 Å². The van der Waals surface area contributed by atoms with Crippen molar-refractivity contribution in [3.63, 3.8) is 0 Å². The Morgan fingerprint density at radius 1 is 1.37 bits per heavy atom. The molecule has 1 aromatic rings. The van der Waals surface area contributed by atoms with Gasteiger partial charge in [0.25, 0.3) is 0 Å². The summed E-state index contributed by atoms with van der Waals surface area (Å²) in [4.78, 5) is 0.179. The number of hydrogen-bond acceptors (Lipinski definition) is 5. The Morgan fingerprint density at radius 3 is 2.68 bits per heavy atom. The van der Waals surface area contributed by atoms with Crippen molar-refractivity contribution < 1.29 is 17.6 Å². The molecule has 19 heavy (non-hydrogen) atoms. The zero-order chi connectivity index (χ0) is 14.0. The number of nitrogens with two attached hydrogens (primary N) is 1. The lowest BCUT2D eigenvalue weighted by atomic mass is 10.1. The lowest BCUT2D eigenvalue weighted by Crippen LogP contribution is -2.40. The summed E-state index contributed by atoms with van der Waals surface area (Å²) < 4.78 is 38.2. The Bertz CT molecular complexity index is 544. The smallest absolute Gasteiger partial charge is 0.244 e. The van der Waals surface area contributed by atoms with Gasteiger partial charge < -0.3 is 14.9 Å². The maximum Gasteiger partial charge on any atom is 0.244 e. The Hall–Kier alpha value is -0.890. The average Bonchev–Trinajstić information content (AvgIpc) is 2.64. The van der Waals surface area contributed by atoms with Crippen molar-refractivity contribution in [3.8, 4) is 0 Å². The quantitative estimate of drug-likeness (QED) is 0.855. The van der Waals surface area contributed by atoms with Crippen LogP contribution >= 0.6 is 0 Å². The minimum atomic E-state index is -3.62. The number of ether oxygens (including phenoxy) is 1. The Morgan fingerprint density at radius 2 is 2.11 bits per heavy atom. The first kappa shape index (κ1) is 14.5. The highest BCUT2D eigenvalue weighted by Crippen LogP contribution is 2.26. The number of sulfonamides is 1. The van der Waals surface area contributed by atoms with Gasteiger partial charge in [-0.2, -0.15) is 0 Å². The number of furan rings is 1. The van der Waals surface area contributed by atoms with Crippen molar-refractivity contribution in [2.45, 2.75) is 44.2 Å². The zero-order valence-electron chi connectivity index (χ0n) is 11.2. The summed E-state index contributed by atoms with van der Waals surface area (Å²) in [5.41, 5.74) is 6.16. The molecule has 7 heteroatoms. The summed E-state index contributed by atoms with van der Waals surface area (Å²) in [5.74, 6) is 0.933. The van der Waals surface area contributed by atoms with Crippen LogP contribution in [0.25, 0.3) is 0 Å². The van der Waals surface area contributed by atoms with Crippen LogP contribution in [-0.4, -0.2) is 27.7 Å². The molecule has 1 atom stereocenters. The molecule has 1 aliphatic rings. The second-order valence-electron chi connectivity index (χ2n) is 4.76. The van der Waals surface area contributed by atoms with Gasteiger partial charge in [-0.25, -0.2) is 13.1 Å². The van der Waals surface area contributed by atoms with E-state index in [2.05, 4.69) is 4.72 Å². The van der Waals surface area contributed by atoms with Gasteiger partial charge >= 0.3 is 0 Å². The molecule has 0 amide bonds.